The average Bonchev–Trinajstić information content (AvgIpc) is 2.26. The third kappa shape index (κ3) is 4.20. The maximum absolute atomic E-state index is 11.3. The third-order valence-electron chi connectivity index (χ3n) is 2.32. The van der Waals surface area contributed by atoms with Crippen LogP contribution in [0.5, 0.6) is 0 Å². The molecule has 0 unspecified atom stereocenters. The monoisotopic (exact) mass is 306 g/mol. The third-order valence-corrected chi connectivity index (χ3v) is 3.69. The van der Waals surface area contributed by atoms with Gasteiger partial charge in [-0.25, -0.2) is 0 Å². The molecule has 0 aliphatic heterocycles. The van der Waals surface area contributed by atoms with E-state index in [1.54, 1.807) is 20.8 Å². The summed E-state index contributed by atoms with van der Waals surface area (Å²) >= 11 is 0.367. The number of hydroxylamine groups is 1. The largest absolute Gasteiger partial charge is 0.325 e. The number of nitrogens with zero attached hydrogens (tertiary/aromatic N) is 1. The zero-order valence-corrected chi connectivity index (χ0v) is 12.4. The lowest BCUT2D eigenvalue weighted by atomic mass is 10.1. The zero-order valence-electron chi connectivity index (χ0n) is 10.7. The summed E-state index contributed by atoms with van der Waals surface area (Å²) in [5.74, 6) is 0. The van der Waals surface area contributed by atoms with Gasteiger partial charge in [-0.15, -0.1) is 0 Å². The van der Waals surface area contributed by atoms with E-state index in [1.807, 2.05) is 0 Å². The van der Waals surface area contributed by atoms with Gasteiger partial charge >= 0.3 is 0 Å². The highest BCUT2D eigenvalue weighted by Gasteiger charge is 2.26. The first-order chi connectivity index (χ1) is 8.55. The first-order valence-electron chi connectivity index (χ1n) is 5.32. The number of benzene rings is 1. The lowest BCUT2D eigenvalue weighted by Gasteiger charge is -2.10. The van der Waals surface area contributed by atoms with Gasteiger partial charge in [0.2, 0.25) is 11.8 Å². The number of hydrogen-bond acceptors (Lipinski definition) is 5. The Morgan fingerprint density at radius 2 is 1.89 bits per heavy atom. The first-order valence-corrected chi connectivity index (χ1v) is 7.53. The highest BCUT2D eigenvalue weighted by atomic mass is 32.2. The van der Waals surface area contributed by atoms with Crippen LogP contribution < -0.4 is 0 Å². The van der Waals surface area contributed by atoms with E-state index in [0.717, 1.165) is 10.8 Å². The molecule has 0 aromatic heterocycles. The minimum atomic E-state index is -4.45. The van der Waals surface area contributed by atoms with Gasteiger partial charge in [0.05, 0.1) is 5.56 Å². The maximum atomic E-state index is 11.3. The molecule has 1 rings (SSSR count). The molecular weight excluding hydrogens is 290 g/mol. The molecule has 0 atom stereocenters. The summed E-state index contributed by atoms with van der Waals surface area (Å²) in [6, 6.07) is 3.99. The van der Waals surface area contributed by atoms with Crippen LogP contribution in [0.15, 0.2) is 28.0 Å². The van der Waals surface area contributed by atoms with Crippen LogP contribution in [0, 0.1) is 0 Å². The van der Waals surface area contributed by atoms with Crippen LogP contribution in [0.4, 0.5) is 0 Å². The van der Waals surface area contributed by atoms with Crippen molar-refractivity contribution in [3.8, 4) is 0 Å². The van der Waals surface area contributed by atoms with E-state index in [1.165, 1.54) is 18.3 Å². The standard InChI is InChI=1S/C11H15NO5S2/c1-11(2,3)12(13)7-8-4-5-9(18-14)6-10(8)19(15,16)17/h4-7H,1-3H3,(H2-,13,14,15,16,17)/p+1/b12-7-. The molecule has 8 heteroatoms. The van der Waals surface area contributed by atoms with Crippen LogP contribution in [0.25, 0.3) is 0 Å². The van der Waals surface area contributed by atoms with E-state index in [0.29, 0.717) is 12.0 Å². The SMILES string of the molecule is CC(C)(C)/[N+](O)=C/c1ccc(SO)cc1S(=O)(=O)O. The van der Waals surface area contributed by atoms with Gasteiger partial charge in [-0.3, -0.25) is 9.76 Å². The molecule has 3 N–H and O–H groups in total. The summed E-state index contributed by atoms with van der Waals surface area (Å²) in [4.78, 5) is -0.111. The van der Waals surface area contributed by atoms with Gasteiger partial charge in [0.15, 0.2) is 0 Å². The van der Waals surface area contributed by atoms with Crippen molar-refractivity contribution >= 4 is 28.4 Å². The average molecular weight is 306 g/mol. The molecular formula is C11H16NO5S2+. The summed E-state index contributed by atoms with van der Waals surface area (Å²) in [5.41, 5.74) is -0.501. The Morgan fingerprint density at radius 1 is 1.32 bits per heavy atom. The van der Waals surface area contributed by atoms with Crippen molar-refractivity contribution in [1.82, 2.24) is 0 Å². The Morgan fingerprint density at radius 3 is 2.32 bits per heavy atom. The van der Waals surface area contributed by atoms with E-state index in [2.05, 4.69) is 0 Å². The molecule has 0 amide bonds. The van der Waals surface area contributed by atoms with Crippen molar-refractivity contribution in [2.75, 3.05) is 0 Å². The van der Waals surface area contributed by atoms with Gasteiger partial charge in [-0.05, 0) is 22.9 Å². The van der Waals surface area contributed by atoms with Gasteiger partial charge < -0.3 is 4.55 Å². The van der Waals surface area contributed by atoms with Crippen LogP contribution in [-0.4, -0.2) is 39.2 Å². The second-order valence-corrected chi connectivity index (χ2v) is 6.95. The summed E-state index contributed by atoms with van der Waals surface area (Å²) < 4.78 is 41.5. The lowest BCUT2D eigenvalue weighted by Crippen LogP contribution is -2.31. The minimum absolute atomic E-state index is 0.123. The number of hydrogen-bond donors (Lipinski definition) is 3. The van der Waals surface area contributed by atoms with Crippen molar-refractivity contribution in [2.24, 2.45) is 0 Å². The highest BCUT2D eigenvalue weighted by Crippen LogP contribution is 2.22. The van der Waals surface area contributed by atoms with Crippen molar-refractivity contribution in [2.45, 2.75) is 36.1 Å². The van der Waals surface area contributed by atoms with Crippen LogP contribution >= 0.6 is 12.0 Å². The molecule has 19 heavy (non-hydrogen) atoms. The normalized spacial score (nSPS) is 13.6. The molecule has 0 heterocycles. The van der Waals surface area contributed by atoms with E-state index < -0.39 is 15.7 Å². The molecule has 1 aromatic rings. The Hall–Kier alpha value is -1.09. The van der Waals surface area contributed by atoms with E-state index in [9.17, 15) is 13.6 Å². The fraction of sp³-hybridized carbons (Fsp3) is 0.364. The van der Waals surface area contributed by atoms with Crippen LogP contribution in [0.1, 0.15) is 26.3 Å². The predicted molar refractivity (Wildman–Crippen MR) is 71.7 cm³/mol. The topological polar surface area (TPSA) is 97.8 Å². The summed E-state index contributed by atoms with van der Waals surface area (Å²) in [6.07, 6.45) is 1.20. The molecule has 0 saturated carbocycles. The highest BCUT2D eigenvalue weighted by molar-refractivity contribution is 7.93. The van der Waals surface area contributed by atoms with Gasteiger partial charge in [0.1, 0.15) is 4.90 Å². The van der Waals surface area contributed by atoms with Gasteiger partial charge in [0.25, 0.3) is 10.1 Å². The van der Waals surface area contributed by atoms with Crippen LogP contribution in [0.3, 0.4) is 0 Å². The molecule has 1 aromatic carbocycles. The van der Waals surface area contributed by atoms with Crippen molar-refractivity contribution in [1.29, 1.82) is 0 Å². The van der Waals surface area contributed by atoms with E-state index >= 15 is 0 Å². The fourth-order valence-electron chi connectivity index (χ4n) is 1.23. The molecule has 106 valence electrons. The summed E-state index contributed by atoms with van der Waals surface area (Å²) in [7, 11) is -4.45. The second-order valence-electron chi connectivity index (χ2n) is 4.91. The predicted octanol–water partition coefficient (Wildman–Crippen LogP) is 2.12. The summed E-state index contributed by atoms with van der Waals surface area (Å²) in [6.45, 7) is 5.19. The zero-order chi connectivity index (χ0) is 14.8. The van der Waals surface area contributed by atoms with Gasteiger partial charge in [-0.1, -0.05) is 0 Å². The smallest absolute Gasteiger partial charge is 0.295 e. The molecule has 0 saturated heterocycles. The maximum Gasteiger partial charge on any atom is 0.295 e. The number of rotatable bonds is 3. The molecule has 0 radical (unpaired) electrons. The molecule has 0 spiro atoms. The minimum Gasteiger partial charge on any atom is -0.325 e. The quantitative estimate of drug-likeness (QED) is 0.198. The first kappa shape index (κ1) is 16.0. The van der Waals surface area contributed by atoms with Crippen molar-refractivity contribution < 1.29 is 27.5 Å². The van der Waals surface area contributed by atoms with E-state index in [4.69, 9.17) is 9.11 Å². The molecule has 6 nitrogen and oxygen atoms in total. The summed E-state index contributed by atoms with van der Waals surface area (Å²) in [5, 5.41) is 9.80. The van der Waals surface area contributed by atoms with Crippen LogP contribution in [-0.2, 0) is 10.1 Å². The Kier molecular flexibility index (Phi) is 4.62. The van der Waals surface area contributed by atoms with Gasteiger partial charge in [-0.2, -0.15) is 8.42 Å². The molecule has 0 bridgehead atoms. The van der Waals surface area contributed by atoms with Crippen molar-refractivity contribution in [3.63, 3.8) is 0 Å². The van der Waals surface area contributed by atoms with Gasteiger partial charge in [0, 0.05) is 37.7 Å². The Bertz CT molecular complexity index is 602. The van der Waals surface area contributed by atoms with Crippen LogP contribution in [0.2, 0.25) is 0 Å². The Balaban J connectivity index is 3.45. The Labute approximate surface area is 116 Å². The molecule has 0 fully saturated rings. The molecule has 0 aliphatic rings. The second kappa shape index (κ2) is 5.49. The van der Waals surface area contributed by atoms with Crippen molar-refractivity contribution in [3.05, 3.63) is 23.8 Å². The molecule has 0 aliphatic carbocycles. The fourth-order valence-corrected chi connectivity index (χ4v) is 2.30. The van der Waals surface area contributed by atoms with E-state index in [-0.39, 0.29) is 15.4 Å². The lowest BCUT2D eigenvalue weighted by molar-refractivity contribution is -0.816.